The molecule has 2 rings (SSSR count). The predicted molar refractivity (Wildman–Crippen MR) is 74.6 cm³/mol. The fourth-order valence-corrected chi connectivity index (χ4v) is 1.97. The summed E-state index contributed by atoms with van der Waals surface area (Å²) in [5.74, 6) is -1.09. The molecule has 0 saturated carbocycles. The molecular weight excluding hydrogens is 258 g/mol. The van der Waals surface area contributed by atoms with Gasteiger partial charge in [0.15, 0.2) is 0 Å². The normalized spacial score (nSPS) is 10.2. The van der Waals surface area contributed by atoms with Crippen molar-refractivity contribution in [2.45, 2.75) is 13.3 Å². The van der Waals surface area contributed by atoms with Crippen LogP contribution in [-0.4, -0.2) is 16.0 Å². The molecule has 0 atom stereocenters. The number of hydrogen-bond acceptors (Lipinski definition) is 3. The van der Waals surface area contributed by atoms with Gasteiger partial charge in [0.05, 0.1) is 11.3 Å². The second-order valence-corrected chi connectivity index (χ2v) is 4.54. The summed E-state index contributed by atoms with van der Waals surface area (Å²) in [4.78, 5) is 21.2. The standard InChI is InChI=1S/C15H13NO4/c1-10-2-4-11(5-3-10)12-6-7-13(9-15(17)18)14(8-12)16(19)20/h2-8H,9H2,1H3,(H,17,18). The van der Waals surface area contributed by atoms with Gasteiger partial charge in [0.25, 0.3) is 5.69 Å². The van der Waals surface area contributed by atoms with Crippen LogP contribution in [-0.2, 0) is 11.2 Å². The highest BCUT2D eigenvalue weighted by molar-refractivity contribution is 5.74. The molecule has 0 aliphatic rings. The number of carboxylic acids is 1. The highest BCUT2D eigenvalue weighted by Gasteiger charge is 2.17. The van der Waals surface area contributed by atoms with Crippen LogP contribution in [0, 0.1) is 17.0 Å². The Kier molecular flexibility index (Phi) is 3.79. The fourth-order valence-electron chi connectivity index (χ4n) is 1.97. The van der Waals surface area contributed by atoms with E-state index in [0.717, 1.165) is 11.1 Å². The minimum Gasteiger partial charge on any atom is -0.481 e. The monoisotopic (exact) mass is 271 g/mol. The summed E-state index contributed by atoms with van der Waals surface area (Å²) in [5, 5.41) is 19.8. The third-order valence-corrected chi connectivity index (χ3v) is 3.01. The molecule has 5 heteroatoms. The maximum Gasteiger partial charge on any atom is 0.308 e. The number of nitrogens with zero attached hydrogens (tertiary/aromatic N) is 1. The molecule has 0 amide bonds. The van der Waals surface area contributed by atoms with Gasteiger partial charge in [-0.25, -0.2) is 0 Å². The van der Waals surface area contributed by atoms with Crippen LogP contribution in [0.5, 0.6) is 0 Å². The first-order valence-corrected chi connectivity index (χ1v) is 6.03. The first-order chi connectivity index (χ1) is 9.47. The van der Waals surface area contributed by atoms with Crippen molar-refractivity contribution in [3.8, 4) is 11.1 Å². The van der Waals surface area contributed by atoms with Crippen LogP contribution in [0.3, 0.4) is 0 Å². The van der Waals surface area contributed by atoms with E-state index in [9.17, 15) is 14.9 Å². The average Bonchev–Trinajstić information content (AvgIpc) is 2.39. The van der Waals surface area contributed by atoms with E-state index >= 15 is 0 Å². The van der Waals surface area contributed by atoms with E-state index in [1.165, 1.54) is 12.1 Å². The van der Waals surface area contributed by atoms with Gasteiger partial charge in [0.2, 0.25) is 0 Å². The number of aliphatic carboxylic acids is 1. The Morgan fingerprint density at radius 2 is 1.75 bits per heavy atom. The van der Waals surface area contributed by atoms with Gasteiger partial charge in [-0.05, 0) is 18.1 Å². The lowest BCUT2D eigenvalue weighted by Crippen LogP contribution is -2.03. The van der Waals surface area contributed by atoms with Gasteiger partial charge in [-0.15, -0.1) is 0 Å². The minimum absolute atomic E-state index is 0.162. The topological polar surface area (TPSA) is 80.4 Å². The fraction of sp³-hybridized carbons (Fsp3) is 0.133. The van der Waals surface area contributed by atoms with Crippen LogP contribution in [0.25, 0.3) is 11.1 Å². The van der Waals surface area contributed by atoms with Gasteiger partial charge in [-0.1, -0.05) is 42.0 Å². The van der Waals surface area contributed by atoms with Crippen molar-refractivity contribution < 1.29 is 14.8 Å². The number of benzene rings is 2. The van der Waals surface area contributed by atoms with Gasteiger partial charge < -0.3 is 5.11 Å². The van der Waals surface area contributed by atoms with Crippen molar-refractivity contribution in [2.75, 3.05) is 0 Å². The van der Waals surface area contributed by atoms with Gasteiger partial charge in [0, 0.05) is 11.6 Å². The van der Waals surface area contributed by atoms with Crippen molar-refractivity contribution in [1.82, 2.24) is 0 Å². The molecular formula is C15H13NO4. The molecule has 1 N–H and O–H groups in total. The number of hydrogen-bond donors (Lipinski definition) is 1. The van der Waals surface area contributed by atoms with Crippen LogP contribution in [0.15, 0.2) is 42.5 Å². The van der Waals surface area contributed by atoms with E-state index in [2.05, 4.69) is 0 Å². The van der Waals surface area contributed by atoms with Crippen LogP contribution >= 0.6 is 0 Å². The van der Waals surface area contributed by atoms with Gasteiger partial charge in [0.1, 0.15) is 0 Å². The molecule has 0 radical (unpaired) electrons. The molecule has 0 aliphatic heterocycles. The van der Waals surface area contributed by atoms with Crippen LogP contribution in [0.1, 0.15) is 11.1 Å². The zero-order valence-electron chi connectivity index (χ0n) is 10.9. The van der Waals surface area contributed by atoms with E-state index in [-0.39, 0.29) is 17.7 Å². The summed E-state index contributed by atoms with van der Waals surface area (Å²) in [5.41, 5.74) is 2.71. The molecule has 0 aromatic heterocycles. The first-order valence-electron chi connectivity index (χ1n) is 6.03. The molecule has 2 aromatic rings. The van der Waals surface area contributed by atoms with Gasteiger partial charge in [-0.3, -0.25) is 14.9 Å². The van der Waals surface area contributed by atoms with E-state index in [0.29, 0.717) is 5.56 Å². The quantitative estimate of drug-likeness (QED) is 0.684. The smallest absolute Gasteiger partial charge is 0.308 e. The molecule has 0 aliphatic carbocycles. The van der Waals surface area contributed by atoms with E-state index in [4.69, 9.17) is 5.11 Å². The highest BCUT2D eigenvalue weighted by Crippen LogP contribution is 2.27. The molecule has 2 aromatic carbocycles. The summed E-state index contributed by atoms with van der Waals surface area (Å²) in [6.45, 7) is 1.96. The number of carbonyl (C=O) groups is 1. The molecule has 0 spiro atoms. The number of aryl methyl sites for hydroxylation is 1. The molecule has 20 heavy (non-hydrogen) atoms. The summed E-state index contributed by atoms with van der Waals surface area (Å²) < 4.78 is 0. The minimum atomic E-state index is -1.09. The Labute approximate surface area is 115 Å². The lowest BCUT2D eigenvalue weighted by molar-refractivity contribution is -0.385. The molecule has 0 saturated heterocycles. The van der Waals surface area contributed by atoms with Crippen molar-refractivity contribution >= 4 is 11.7 Å². The molecule has 5 nitrogen and oxygen atoms in total. The summed E-state index contributed by atoms with van der Waals surface area (Å²) in [7, 11) is 0. The Morgan fingerprint density at radius 3 is 2.30 bits per heavy atom. The maximum absolute atomic E-state index is 11.1. The zero-order valence-corrected chi connectivity index (χ0v) is 10.9. The van der Waals surface area contributed by atoms with Gasteiger partial charge in [-0.2, -0.15) is 0 Å². The lowest BCUT2D eigenvalue weighted by Gasteiger charge is -2.05. The molecule has 0 unspecified atom stereocenters. The number of rotatable bonds is 4. The SMILES string of the molecule is Cc1ccc(-c2ccc(CC(=O)O)c([N+](=O)[O-])c2)cc1. The zero-order chi connectivity index (χ0) is 14.7. The molecule has 0 fully saturated rings. The van der Waals surface area contributed by atoms with E-state index < -0.39 is 10.9 Å². The van der Waals surface area contributed by atoms with E-state index in [1.807, 2.05) is 31.2 Å². The largest absolute Gasteiger partial charge is 0.481 e. The summed E-state index contributed by atoms with van der Waals surface area (Å²) in [6.07, 6.45) is -0.357. The Bertz CT molecular complexity index is 662. The third kappa shape index (κ3) is 3.00. The van der Waals surface area contributed by atoms with Crippen molar-refractivity contribution in [2.24, 2.45) is 0 Å². The lowest BCUT2D eigenvalue weighted by atomic mass is 10.0. The highest BCUT2D eigenvalue weighted by atomic mass is 16.6. The summed E-state index contributed by atoms with van der Waals surface area (Å²) >= 11 is 0. The van der Waals surface area contributed by atoms with Crippen LogP contribution in [0.2, 0.25) is 0 Å². The number of nitro groups is 1. The number of carboxylic acid groups (broad SMARTS) is 1. The Morgan fingerprint density at radius 1 is 1.15 bits per heavy atom. The third-order valence-electron chi connectivity index (χ3n) is 3.01. The van der Waals surface area contributed by atoms with Gasteiger partial charge >= 0.3 is 5.97 Å². The van der Waals surface area contributed by atoms with Crippen LogP contribution in [0.4, 0.5) is 5.69 Å². The Hall–Kier alpha value is -2.69. The summed E-state index contributed by atoms with van der Waals surface area (Å²) in [6, 6.07) is 12.2. The average molecular weight is 271 g/mol. The maximum atomic E-state index is 11.1. The predicted octanol–water partition coefficient (Wildman–Crippen LogP) is 3.20. The van der Waals surface area contributed by atoms with Crippen LogP contribution < -0.4 is 0 Å². The van der Waals surface area contributed by atoms with Crippen molar-refractivity contribution in [3.05, 3.63) is 63.7 Å². The first kappa shape index (κ1) is 13.7. The second-order valence-electron chi connectivity index (χ2n) is 4.54. The molecule has 0 heterocycles. The van der Waals surface area contributed by atoms with Crippen molar-refractivity contribution in [1.29, 1.82) is 0 Å². The Balaban J connectivity index is 2.47. The molecule has 102 valence electrons. The number of nitro benzene ring substituents is 1. The molecule has 0 bridgehead atoms. The van der Waals surface area contributed by atoms with E-state index in [1.54, 1.807) is 6.07 Å². The second kappa shape index (κ2) is 5.52. The van der Waals surface area contributed by atoms with Crippen molar-refractivity contribution in [3.63, 3.8) is 0 Å².